The van der Waals surface area contributed by atoms with Gasteiger partial charge in [-0.3, -0.25) is 4.79 Å². The van der Waals surface area contributed by atoms with E-state index in [2.05, 4.69) is 10.2 Å². The normalized spacial score (nSPS) is 11.0. The summed E-state index contributed by atoms with van der Waals surface area (Å²) in [5, 5.41) is 2.79. The van der Waals surface area contributed by atoms with E-state index in [1.54, 1.807) is 18.2 Å². The number of carbonyl (C=O) groups excluding carboxylic acids is 1. The molecule has 88 valence electrons. The molecule has 16 heavy (non-hydrogen) atoms. The van der Waals surface area contributed by atoms with Crippen molar-refractivity contribution in [1.82, 2.24) is 0 Å². The average molecular weight is 223 g/mol. The van der Waals surface area contributed by atoms with Crippen LogP contribution >= 0.6 is 0 Å². The number of hydrogen-bond acceptors (Lipinski definition) is 3. The molecule has 1 aromatic carbocycles. The molecule has 0 unspecified atom stereocenters. The first-order valence-corrected chi connectivity index (χ1v) is 5.06. The zero-order chi connectivity index (χ0) is 12.2. The van der Waals surface area contributed by atoms with E-state index in [0.29, 0.717) is 11.4 Å². The summed E-state index contributed by atoms with van der Waals surface area (Å²) in [6.07, 6.45) is 0. The molecule has 0 fully saturated rings. The van der Waals surface area contributed by atoms with Gasteiger partial charge in [-0.1, -0.05) is 32.9 Å². The van der Waals surface area contributed by atoms with Crippen molar-refractivity contribution in [2.75, 3.05) is 12.4 Å². The van der Waals surface area contributed by atoms with Crippen LogP contribution in [0.25, 0.3) is 0 Å². The van der Waals surface area contributed by atoms with Crippen molar-refractivity contribution in [1.29, 1.82) is 0 Å². The van der Waals surface area contributed by atoms with E-state index in [0.717, 1.165) is 0 Å². The second-order valence-electron chi connectivity index (χ2n) is 4.45. The van der Waals surface area contributed by atoms with Gasteiger partial charge < -0.3 is 10.2 Å². The van der Waals surface area contributed by atoms with Crippen molar-refractivity contribution in [3.05, 3.63) is 24.3 Å². The van der Waals surface area contributed by atoms with E-state index in [4.69, 9.17) is 4.89 Å². The first kappa shape index (κ1) is 12.5. The van der Waals surface area contributed by atoms with E-state index in [1.807, 2.05) is 26.8 Å². The molecule has 0 atom stereocenters. The summed E-state index contributed by atoms with van der Waals surface area (Å²) in [6.45, 7) is 5.55. The maximum atomic E-state index is 11.8. The van der Waals surface area contributed by atoms with Crippen LogP contribution in [0.1, 0.15) is 20.8 Å². The lowest BCUT2D eigenvalue weighted by Gasteiger charge is -2.18. The van der Waals surface area contributed by atoms with Crippen LogP contribution < -0.4 is 10.2 Å². The zero-order valence-electron chi connectivity index (χ0n) is 10.0. The van der Waals surface area contributed by atoms with Crippen molar-refractivity contribution < 1.29 is 14.6 Å². The van der Waals surface area contributed by atoms with E-state index in [-0.39, 0.29) is 5.91 Å². The van der Waals surface area contributed by atoms with Gasteiger partial charge in [0.25, 0.3) is 0 Å². The average Bonchev–Trinajstić information content (AvgIpc) is 2.20. The molecule has 1 N–H and O–H groups in total. The predicted octanol–water partition coefficient (Wildman–Crippen LogP) is 2.61. The summed E-state index contributed by atoms with van der Waals surface area (Å²) in [5.41, 5.74) is 0.157. The Morgan fingerprint density at radius 3 is 2.44 bits per heavy atom. The molecular weight excluding hydrogens is 206 g/mol. The largest absolute Gasteiger partial charge is 0.336 e. The molecule has 0 saturated heterocycles. The van der Waals surface area contributed by atoms with E-state index >= 15 is 0 Å². The van der Waals surface area contributed by atoms with Crippen LogP contribution in [0.2, 0.25) is 0 Å². The summed E-state index contributed by atoms with van der Waals surface area (Å²) in [6, 6.07) is 7.11. The molecule has 0 aromatic heterocycles. The molecule has 0 aliphatic carbocycles. The summed E-state index contributed by atoms with van der Waals surface area (Å²) in [5.74, 6) is 0.419. The quantitative estimate of drug-likeness (QED) is 0.633. The molecular formula is C12H17NO3. The third-order valence-corrected chi connectivity index (χ3v) is 1.99. The maximum Gasteiger partial charge on any atom is 0.229 e. The number of amides is 1. The molecule has 4 heteroatoms. The second-order valence-corrected chi connectivity index (χ2v) is 4.45. The molecule has 0 radical (unpaired) electrons. The van der Waals surface area contributed by atoms with Gasteiger partial charge in [0.2, 0.25) is 5.91 Å². The molecule has 1 rings (SSSR count). The first-order chi connectivity index (χ1) is 7.45. The molecule has 0 heterocycles. The SMILES string of the molecule is COOc1ccccc1NC(=O)C(C)(C)C. The van der Waals surface area contributed by atoms with Crippen LogP contribution in [0.3, 0.4) is 0 Å². The molecule has 0 spiro atoms. The van der Waals surface area contributed by atoms with Gasteiger partial charge in [-0.2, -0.15) is 4.89 Å². The third-order valence-electron chi connectivity index (χ3n) is 1.99. The van der Waals surface area contributed by atoms with E-state index in [9.17, 15) is 4.79 Å². The van der Waals surface area contributed by atoms with E-state index in [1.165, 1.54) is 7.11 Å². The number of hydrogen-bond donors (Lipinski definition) is 1. The standard InChI is InChI=1S/C12H17NO3/c1-12(2,3)11(14)13-9-7-5-6-8-10(9)16-15-4/h5-8H,1-4H3,(H,13,14). The molecule has 0 bridgehead atoms. The van der Waals surface area contributed by atoms with Gasteiger partial charge in [0.05, 0.1) is 12.8 Å². The van der Waals surface area contributed by atoms with Crippen LogP contribution in [-0.2, 0) is 9.68 Å². The lowest BCUT2D eigenvalue weighted by atomic mass is 9.95. The van der Waals surface area contributed by atoms with Crippen LogP contribution in [0.5, 0.6) is 5.75 Å². The number of anilines is 1. The second kappa shape index (κ2) is 4.99. The summed E-state index contributed by atoms with van der Waals surface area (Å²) < 4.78 is 0. The molecule has 4 nitrogen and oxygen atoms in total. The predicted molar refractivity (Wildman–Crippen MR) is 62.2 cm³/mol. The van der Waals surface area contributed by atoms with Crippen LogP contribution in [0.15, 0.2) is 24.3 Å². The summed E-state index contributed by atoms with van der Waals surface area (Å²) >= 11 is 0. The first-order valence-electron chi connectivity index (χ1n) is 5.06. The van der Waals surface area contributed by atoms with Gasteiger partial charge in [0.1, 0.15) is 0 Å². The lowest BCUT2D eigenvalue weighted by molar-refractivity contribution is -0.177. The van der Waals surface area contributed by atoms with Crippen molar-refractivity contribution in [3.8, 4) is 5.75 Å². The molecule has 1 aromatic rings. The monoisotopic (exact) mass is 223 g/mol. The third kappa shape index (κ3) is 3.24. The lowest BCUT2D eigenvalue weighted by Crippen LogP contribution is -2.27. The van der Waals surface area contributed by atoms with Gasteiger partial charge in [-0.05, 0) is 12.1 Å². The van der Waals surface area contributed by atoms with Crippen molar-refractivity contribution >= 4 is 11.6 Å². The van der Waals surface area contributed by atoms with E-state index < -0.39 is 5.41 Å². The van der Waals surface area contributed by atoms with Crippen LogP contribution in [-0.4, -0.2) is 13.0 Å². The Bertz CT molecular complexity index is 369. The Balaban J connectivity index is 2.84. The Hall–Kier alpha value is -1.55. The fourth-order valence-corrected chi connectivity index (χ4v) is 1.04. The highest BCUT2D eigenvalue weighted by atomic mass is 17.2. The summed E-state index contributed by atoms with van der Waals surface area (Å²) in [4.78, 5) is 21.3. The Labute approximate surface area is 95.5 Å². The van der Waals surface area contributed by atoms with Crippen molar-refractivity contribution in [2.24, 2.45) is 5.41 Å². The minimum atomic E-state index is -0.444. The number of benzene rings is 1. The number of nitrogens with one attached hydrogen (secondary N) is 1. The van der Waals surface area contributed by atoms with Gasteiger partial charge in [-0.25, -0.2) is 0 Å². The van der Waals surface area contributed by atoms with Crippen molar-refractivity contribution in [3.63, 3.8) is 0 Å². The fourth-order valence-electron chi connectivity index (χ4n) is 1.04. The molecule has 0 saturated carbocycles. The number of rotatable bonds is 3. The minimum Gasteiger partial charge on any atom is -0.336 e. The van der Waals surface area contributed by atoms with Crippen LogP contribution in [0, 0.1) is 5.41 Å². The molecule has 1 amide bonds. The maximum absolute atomic E-state index is 11.8. The van der Waals surface area contributed by atoms with Crippen LogP contribution in [0.4, 0.5) is 5.69 Å². The number of carbonyl (C=O) groups is 1. The Morgan fingerprint density at radius 2 is 1.88 bits per heavy atom. The molecule has 0 aliphatic rings. The highest BCUT2D eigenvalue weighted by Gasteiger charge is 2.22. The Kier molecular flexibility index (Phi) is 3.90. The summed E-state index contributed by atoms with van der Waals surface area (Å²) in [7, 11) is 1.42. The zero-order valence-corrected chi connectivity index (χ0v) is 10.0. The van der Waals surface area contributed by atoms with Gasteiger partial charge in [-0.15, -0.1) is 0 Å². The minimum absolute atomic E-state index is 0.0698. The van der Waals surface area contributed by atoms with Gasteiger partial charge in [0.15, 0.2) is 5.75 Å². The highest BCUT2D eigenvalue weighted by Crippen LogP contribution is 2.26. The molecule has 0 aliphatic heterocycles. The Morgan fingerprint density at radius 1 is 1.25 bits per heavy atom. The van der Waals surface area contributed by atoms with Crippen molar-refractivity contribution in [2.45, 2.75) is 20.8 Å². The topological polar surface area (TPSA) is 47.6 Å². The smallest absolute Gasteiger partial charge is 0.229 e. The highest BCUT2D eigenvalue weighted by molar-refractivity contribution is 5.95. The van der Waals surface area contributed by atoms with Gasteiger partial charge >= 0.3 is 0 Å². The number of para-hydroxylation sites is 2. The fraction of sp³-hybridized carbons (Fsp3) is 0.417. The van der Waals surface area contributed by atoms with Gasteiger partial charge in [0, 0.05) is 5.41 Å².